The molecule has 2 heteroatoms. The van der Waals surface area contributed by atoms with Gasteiger partial charge in [-0.15, -0.1) is 0 Å². The number of aromatic hydroxyl groups is 1. The summed E-state index contributed by atoms with van der Waals surface area (Å²) in [4.78, 5) is 0. The minimum absolute atomic E-state index is 0.288. The highest BCUT2D eigenvalue weighted by Gasteiger charge is 2.00. The van der Waals surface area contributed by atoms with Gasteiger partial charge >= 0.3 is 0 Å². The number of phenols is 1. The first-order valence-corrected chi connectivity index (χ1v) is 5.19. The van der Waals surface area contributed by atoms with E-state index in [4.69, 9.17) is 4.74 Å². The van der Waals surface area contributed by atoms with Gasteiger partial charge in [0.2, 0.25) is 0 Å². The van der Waals surface area contributed by atoms with Crippen molar-refractivity contribution in [2.75, 3.05) is 0 Å². The van der Waals surface area contributed by atoms with Crippen molar-refractivity contribution in [3.05, 3.63) is 53.6 Å². The van der Waals surface area contributed by atoms with Crippen LogP contribution in [0.5, 0.6) is 17.2 Å². The summed E-state index contributed by atoms with van der Waals surface area (Å²) in [6.07, 6.45) is 0. The average Bonchev–Trinajstić information content (AvgIpc) is 2.27. The van der Waals surface area contributed by atoms with Crippen molar-refractivity contribution >= 4 is 0 Å². The van der Waals surface area contributed by atoms with Crippen LogP contribution in [-0.4, -0.2) is 5.11 Å². The average molecular weight is 214 g/mol. The van der Waals surface area contributed by atoms with Crippen molar-refractivity contribution in [2.45, 2.75) is 13.8 Å². The van der Waals surface area contributed by atoms with Crippen molar-refractivity contribution in [1.82, 2.24) is 0 Å². The summed E-state index contributed by atoms with van der Waals surface area (Å²) in [5.74, 6) is 1.83. The number of ether oxygens (including phenoxy) is 1. The predicted octanol–water partition coefficient (Wildman–Crippen LogP) is 3.80. The van der Waals surface area contributed by atoms with Crippen LogP contribution in [0.1, 0.15) is 11.1 Å². The van der Waals surface area contributed by atoms with Crippen LogP contribution >= 0.6 is 0 Å². The van der Waals surface area contributed by atoms with E-state index in [9.17, 15) is 5.11 Å². The molecular formula is C14H14O2. The summed E-state index contributed by atoms with van der Waals surface area (Å²) in [6, 6.07) is 13.1. The molecule has 16 heavy (non-hydrogen) atoms. The summed E-state index contributed by atoms with van der Waals surface area (Å²) in [5, 5.41) is 9.39. The summed E-state index contributed by atoms with van der Waals surface area (Å²) in [5.41, 5.74) is 2.01. The number of hydrogen-bond donors (Lipinski definition) is 1. The molecule has 0 bridgehead atoms. The van der Waals surface area contributed by atoms with E-state index < -0.39 is 0 Å². The van der Waals surface area contributed by atoms with E-state index >= 15 is 0 Å². The Morgan fingerprint density at radius 3 is 2.12 bits per heavy atom. The van der Waals surface area contributed by atoms with Gasteiger partial charge in [0.05, 0.1) is 0 Å². The zero-order chi connectivity index (χ0) is 11.5. The molecule has 0 aliphatic carbocycles. The molecule has 0 aromatic heterocycles. The minimum atomic E-state index is 0.288. The Balaban J connectivity index is 2.20. The van der Waals surface area contributed by atoms with Crippen LogP contribution in [0.3, 0.4) is 0 Å². The fourth-order valence-corrected chi connectivity index (χ4v) is 1.43. The molecule has 0 amide bonds. The molecule has 0 heterocycles. The van der Waals surface area contributed by atoms with E-state index in [-0.39, 0.29) is 5.75 Å². The van der Waals surface area contributed by atoms with Gasteiger partial charge in [-0.2, -0.15) is 0 Å². The minimum Gasteiger partial charge on any atom is -0.508 e. The molecule has 2 rings (SSSR count). The smallest absolute Gasteiger partial charge is 0.127 e. The van der Waals surface area contributed by atoms with Crippen molar-refractivity contribution in [3.63, 3.8) is 0 Å². The quantitative estimate of drug-likeness (QED) is 0.823. The van der Waals surface area contributed by atoms with E-state index in [2.05, 4.69) is 0 Å². The molecule has 0 atom stereocenters. The van der Waals surface area contributed by atoms with Gasteiger partial charge in [-0.1, -0.05) is 17.7 Å². The number of hydrogen-bond acceptors (Lipinski definition) is 2. The number of phenolic OH excluding ortho intramolecular Hbond substituents is 1. The first-order valence-electron chi connectivity index (χ1n) is 5.19. The molecule has 0 unspecified atom stereocenters. The van der Waals surface area contributed by atoms with Crippen LogP contribution in [0.15, 0.2) is 42.5 Å². The second-order valence-corrected chi connectivity index (χ2v) is 3.86. The third kappa shape index (κ3) is 2.34. The first-order chi connectivity index (χ1) is 7.65. The number of aryl methyl sites for hydroxylation is 2. The highest BCUT2D eigenvalue weighted by Crippen LogP contribution is 2.26. The SMILES string of the molecule is Cc1ccc(Oc2ccc(O)c(C)c2)cc1. The molecular weight excluding hydrogens is 200 g/mol. The van der Waals surface area contributed by atoms with E-state index in [1.165, 1.54) is 5.56 Å². The van der Waals surface area contributed by atoms with Gasteiger partial charge in [-0.05, 0) is 49.7 Å². The van der Waals surface area contributed by atoms with Crippen LogP contribution < -0.4 is 4.74 Å². The van der Waals surface area contributed by atoms with E-state index in [0.29, 0.717) is 0 Å². The lowest BCUT2D eigenvalue weighted by molar-refractivity contribution is 0.460. The van der Waals surface area contributed by atoms with Crippen LogP contribution in [0.25, 0.3) is 0 Å². The summed E-state index contributed by atoms with van der Waals surface area (Å²) in [7, 11) is 0. The van der Waals surface area contributed by atoms with Gasteiger partial charge in [0.25, 0.3) is 0 Å². The molecule has 0 saturated carbocycles. The maximum atomic E-state index is 9.39. The van der Waals surface area contributed by atoms with Crippen molar-refractivity contribution in [1.29, 1.82) is 0 Å². The lowest BCUT2D eigenvalue weighted by Gasteiger charge is -2.07. The third-order valence-electron chi connectivity index (χ3n) is 2.42. The predicted molar refractivity (Wildman–Crippen MR) is 64.1 cm³/mol. The van der Waals surface area contributed by atoms with E-state index in [0.717, 1.165) is 17.1 Å². The topological polar surface area (TPSA) is 29.5 Å². The monoisotopic (exact) mass is 214 g/mol. The number of rotatable bonds is 2. The van der Waals surface area contributed by atoms with Crippen LogP contribution in [0.4, 0.5) is 0 Å². The molecule has 0 fully saturated rings. The molecule has 2 aromatic carbocycles. The zero-order valence-electron chi connectivity index (χ0n) is 9.40. The van der Waals surface area contributed by atoms with Gasteiger partial charge in [-0.3, -0.25) is 0 Å². The Morgan fingerprint density at radius 2 is 1.50 bits per heavy atom. The zero-order valence-corrected chi connectivity index (χ0v) is 9.40. The second-order valence-electron chi connectivity index (χ2n) is 3.86. The van der Waals surface area contributed by atoms with Crippen LogP contribution in [0.2, 0.25) is 0 Å². The van der Waals surface area contributed by atoms with Gasteiger partial charge < -0.3 is 9.84 Å². The molecule has 0 spiro atoms. The molecule has 0 aliphatic heterocycles. The van der Waals surface area contributed by atoms with Crippen molar-refractivity contribution < 1.29 is 9.84 Å². The Labute approximate surface area is 95.1 Å². The Morgan fingerprint density at radius 1 is 0.875 bits per heavy atom. The lowest BCUT2D eigenvalue weighted by Crippen LogP contribution is -1.85. The van der Waals surface area contributed by atoms with Gasteiger partial charge in [-0.25, -0.2) is 0 Å². The first kappa shape index (κ1) is 10.6. The fourth-order valence-electron chi connectivity index (χ4n) is 1.43. The Kier molecular flexibility index (Phi) is 2.82. The van der Waals surface area contributed by atoms with Gasteiger partial charge in [0.15, 0.2) is 0 Å². The van der Waals surface area contributed by atoms with Gasteiger partial charge in [0.1, 0.15) is 17.2 Å². The lowest BCUT2D eigenvalue weighted by atomic mass is 10.2. The molecule has 2 aromatic rings. The highest BCUT2D eigenvalue weighted by atomic mass is 16.5. The Hall–Kier alpha value is -1.96. The highest BCUT2D eigenvalue weighted by molar-refractivity contribution is 5.40. The maximum Gasteiger partial charge on any atom is 0.127 e. The van der Waals surface area contributed by atoms with Crippen LogP contribution in [0, 0.1) is 13.8 Å². The van der Waals surface area contributed by atoms with Crippen LogP contribution in [-0.2, 0) is 0 Å². The van der Waals surface area contributed by atoms with Crippen molar-refractivity contribution in [3.8, 4) is 17.2 Å². The maximum absolute atomic E-state index is 9.39. The molecule has 1 N–H and O–H groups in total. The molecule has 2 nitrogen and oxygen atoms in total. The Bertz CT molecular complexity index is 487. The summed E-state index contributed by atoms with van der Waals surface area (Å²) in [6.45, 7) is 3.88. The third-order valence-corrected chi connectivity index (χ3v) is 2.42. The van der Waals surface area contributed by atoms with Gasteiger partial charge in [0, 0.05) is 0 Å². The van der Waals surface area contributed by atoms with Crippen molar-refractivity contribution in [2.24, 2.45) is 0 Å². The summed E-state index contributed by atoms with van der Waals surface area (Å²) < 4.78 is 5.66. The molecule has 0 aliphatic rings. The largest absolute Gasteiger partial charge is 0.508 e. The summed E-state index contributed by atoms with van der Waals surface area (Å²) >= 11 is 0. The van der Waals surface area contributed by atoms with E-state index in [1.807, 2.05) is 44.2 Å². The number of benzene rings is 2. The second kappa shape index (κ2) is 4.27. The standard InChI is InChI=1S/C14H14O2/c1-10-3-5-12(6-4-10)16-13-7-8-14(15)11(2)9-13/h3-9,15H,1-2H3. The molecule has 82 valence electrons. The normalized spacial score (nSPS) is 10.1. The molecule has 0 radical (unpaired) electrons. The van der Waals surface area contributed by atoms with E-state index in [1.54, 1.807) is 12.1 Å². The molecule has 0 saturated heterocycles. The fraction of sp³-hybridized carbons (Fsp3) is 0.143.